The van der Waals surface area contributed by atoms with Gasteiger partial charge in [0.2, 0.25) is 0 Å². The first kappa shape index (κ1) is 25.6. The van der Waals surface area contributed by atoms with Gasteiger partial charge < -0.3 is 19.7 Å². The largest absolute Gasteiger partial charge is 0.456 e. The fourth-order valence-corrected chi connectivity index (χ4v) is 5.94. The number of fused-ring (bicyclic) bond motifs is 6. The summed E-state index contributed by atoms with van der Waals surface area (Å²) in [4.78, 5) is 28.5. The van der Waals surface area contributed by atoms with Gasteiger partial charge in [-0.15, -0.1) is 0 Å². The normalized spacial score (nSPS) is 16.1. The lowest BCUT2D eigenvalue weighted by molar-refractivity contribution is 0.0224. The lowest BCUT2D eigenvalue weighted by Gasteiger charge is -2.37. The van der Waals surface area contributed by atoms with Crippen LogP contribution in [-0.2, 0) is 10.3 Å². The van der Waals surface area contributed by atoms with E-state index in [1.54, 1.807) is 24.3 Å². The van der Waals surface area contributed by atoms with Crippen LogP contribution in [0.25, 0.3) is 0 Å². The van der Waals surface area contributed by atoms with Crippen molar-refractivity contribution >= 4 is 28.9 Å². The number of esters is 1. The molecule has 1 amide bonds. The van der Waals surface area contributed by atoms with Crippen LogP contribution in [-0.4, -0.2) is 18.4 Å². The van der Waals surface area contributed by atoms with Crippen LogP contribution >= 0.6 is 0 Å². The third-order valence-electron chi connectivity index (χ3n) is 7.96. The Morgan fingerprint density at radius 3 is 2.29 bits per heavy atom. The molecule has 6 heteroatoms. The van der Waals surface area contributed by atoms with Crippen molar-refractivity contribution in [2.45, 2.75) is 19.4 Å². The molecule has 0 saturated heterocycles. The van der Waals surface area contributed by atoms with Gasteiger partial charge in [-0.3, -0.25) is 4.79 Å². The Labute approximate surface area is 244 Å². The van der Waals surface area contributed by atoms with Crippen LogP contribution in [0.1, 0.15) is 49.9 Å². The summed E-state index contributed by atoms with van der Waals surface area (Å²) in [7, 11) is 0. The van der Waals surface area contributed by atoms with Gasteiger partial charge in [0.25, 0.3) is 5.91 Å². The van der Waals surface area contributed by atoms with Gasteiger partial charge >= 0.3 is 5.97 Å². The highest BCUT2D eigenvalue weighted by Crippen LogP contribution is 2.57. The molecule has 1 spiro atoms. The van der Waals surface area contributed by atoms with E-state index in [-0.39, 0.29) is 5.91 Å². The zero-order valence-corrected chi connectivity index (χ0v) is 23.3. The smallest absolute Gasteiger partial charge is 0.340 e. The molecule has 0 aromatic heterocycles. The number of nitrogens with one attached hydrogen (secondary N) is 1. The molecular weight excluding hydrogens is 524 g/mol. The van der Waals surface area contributed by atoms with E-state index in [2.05, 4.69) is 48.3 Å². The second-order valence-corrected chi connectivity index (χ2v) is 10.5. The number of rotatable bonds is 5. The standard InChI is InChI=1S/C36H28N2O4/c1-3-38(26-16-13-23(2)14-17-26)27-18-19-30-33(22-27)41-32-20-15-25(37-34(39)24-9-5-4-6-10-24)21-31(32)36(30)29-12-8-7-11-28(29)35(40)42-36/h4-22H,3H2,1-2H3,(H,37,39). The molecule has 1 atom stereocenters. The highest BCUT2D eigenvalue weighted by atomic mass is 16.6. The highest BCUT2D eigenvalue weighted by Gasteiger charge is 2.53. The molecule has 206 valence electrons. The predicted octanol–water partition coefficient (Wildman–Crippen LogP) is 7.97. The number of nitrogens with zero attached hydrogens (tertiary/aromatic N) is 1. The van der Waals surface area contributed by atoms with Gasteiger partial charge in [-0.05, 0) is 74.5 Å². The third-order valence-corrected chi connectivity index (χ3v) is 7.96. The van der Waals surface area contributed by atoms with Crippen LogP contribution in [0.5, 0.6) is 11.5 Å². The van der Waals surface area contributed by atoms with Crippen LogP contribution in [0.15, 0.2) is 115 Å². The molecule has 0 radical (unpaired) electrons. The summed E-state index contributed by atoms with van der Waals surface area (Å²) in [6.45, 7) is 4.94. The van der Waals surface area contributed by atoms with Crippen molar-refractivity contribution in [3.05, 3.63) is 149 Å². The van der Waals surface area contributed by atoms with Crippen molar-refractivity contribution in [2.24, 2.45) is 0 Å². The molecule has 2 heterocycles. The number of hydrogen-bond acceptors (Lipinski definition) is 5. The van der Waals surface area contributed by atoms with Gasteiger partial charge in [0.1, 0.15) is 11.5 Å². The molecule has 6 nitrogen and oxygen atoms in total. The number of carbonyl (C=O) groups is 2. The zero-order chi connectivity index (χ0) is 28.8. The molecule has 0 saturated carbocycles. The summed E-state index contributed by atoms with van der Waals surface area (Å²) in [6, 6.07) is 36.4. The molecule has 0 bridgehead atoms. The molecule has 1 N–H and O–H groups in total. The minimum absolute atomic E-state index is 0.231. The predicted molar refractivity (Wildman–Crippen MR) is 163 cm³/mol. The van der Waals surface area contributed by atoms with Crippen molar-refractivity contribution < 1.29 is 19.1 Å². The Kier molecular flexibility index (Phi) is 6.05. The highest BCUT2D eigenvalue weighted by molar-refractivity contribution is 6.04. The van der Waals surface area contributed by atoms with Gasteiger partial charge in [0, 0.05) is 51.9 Å². The molecule has 5 aromatic carbocycles. The Morgan fingerprint density at radius 1 is 0.762 bits per heavy atom. The summed E-state index contributed by atoms with van der Waals surface area (Å²) < 4.78 is 12.9. The molecule has 2 aliphatic rings. The van der Waals surface area contributed by atoms with E-state index in [1.807, 2.05) is 66.7 Å². The average molecular weight is 553 g/mol. The molecule has 2 aliphatic heterocycles. The molecule has 5 aromatic rings. The second kappa shape index (κ2) is 9.93. The maximum Gasteiger partial charge on any atom is 0.340 e. The first-order valence-corrected chi connectivity index (χ1v) is 14.0. The number of hydrogen-bond donors (Lipinski definition) is 1. The Bertz CT molecular complexity index is 1850. The van der Waals surface area contributed by atoms with Gasteiger partial charge in [0.15, 0.2) is 5.60 Å². The Balaban J connectivity index is 1.36. The summed E-state index contributed by atoms with van der Waals surface area (Å²) in [5, 5.41) is 2.99. The van der Waals surface area contributed by atoms with Crippen molar-refractivity contribution in [3.8, 4) is 11.5 Å². The SMILES string of the molecule is CCN(c1ccc(C)cc1)c1ccc2c(c1)Oc1ccc(NC(=O)c3ccccc3)cc1C21OC(=O)c2ccccc21. The van der Waals surface area contributed by atoms with Crippen LogP contribution in [0, 0.1) is 6.92 Å². The maximum atomic E-state index is 13.3. The number of anilines is 3. The van der Waals surface area contributed by atoms with Crippen LogP contribution in [0.3, 0.4) is 0 Å². The Morgan fingerprint density at radius 2 is 1.50 bits per heavy atom. The second-order valence-electron chi connectivity index (χ2n) is 10.5. The first-order valence-electron chi connectivity index (χ1n) is 14.0. The lowest BCUT2D eigenvalue weighted by atomic mass is 9.77. The Hall–Kier alpha value is -5.36. The summed E-state index contributed by atoms with van der Waals surface area (Å²) in [5.41, 5.74) is 5.75. The average Bonchev–Trinajstić information content (AvgIpc) is 3.32. The van der Waals surface area contributed by atoms with Crippen LogP contribution in [0.4, 0.5) is 17.1 Å². The van der Waals surface area contributed by atoms with Crippen LogP contribution < -0.4 is 15.0 Å². The number of ether oxygens (including phenoxy) is 2. The van der Waals surface area contributed by atoms with Gasteiger partial charge in [-0.1, -0.05) is 54.1 Å². The lowest BCUT2D eigenvalue weighted by Crippen LogP contribution is -2.33. The number of amides is 1. The number of aryl methyl sites for hydroxylation is 1. The monoisotopic (exact) mass is 552 g/mol. The maximum absolute atomic E-state index is 13.3. The van der Waals surface area contributed by atoms with Crippen molar-refractivity contribution in [2.75, 3.05) is 16.8 Å². The number of benzene rings is 5. The van der Waals surface area contributed by atoms with Crippen molar-refractivity contribution in [1.82, 2.24) is 0 Å². The molecule has 0 aliphatic carbocycles. The van der Waals surface area contributed by atoms with E-state index < -0.39 is 11.6 Å². The fourth-order valence-electron chi connectivity index (χ4n) is 5.94. The van der Waals surface area contributed by atoms with Crippen LogP contribution in [0.2, 0.25) is 0 Å². The molecular formula is C36H28N2O4. The molecule has 1 unspecified atom stereocenters. The van der Waals surface area contributed by atoms with E-state index in [9.17, 15) is 9.59 Å². The van der Waals surface area contributed by atoms with E-state index in [4.69, 9.17) is 9.47 Å². The third kappa shape index (κ3) is 4.03. The van der Waals surface area contributed by atoms with E-state index in [0.29, 0.717) is 33.9 Å². The van der Waals surface area contributed by atoms with Crippen molar-refractivity contribution in [3.63, 3.8) is 0 Å². The minimum atomic E-state index is -1.23. The first-order chi connectivity index (χ1) is 20.5. The molecule has 7 rings (SSSR count). The van der Waals surface area contributed by atoms with Gasteiger partial charge in [0.05, 0.1) is 5.56 Å². The zero-order valence-electron chi connectivity index (χ0n) is 23.3. The molecule has 42 heavy (non-hydrogen) atoms. The summed E-state index contributed by atoms with van der Waals surface area (Å²) >= 11 is 0. The summed E-state index contributed by atoms with van der Waals surface area (Å²) in [5.74, 6) is 0.532. The van der Waals surface area contributed by atoms with E-state index in [1.165, 1.54) is 5.56 Å². The minimum Gasteiger partial charge on any atom is -0.456 e. The fraction of sp³-hybridized carbons (Fsp3) is 0.111. The van der Waals surface area contributed by atoms with Crippen molar-refractivity contribution in [1.29, 1.82) is 0 Å². The summed E-state index contributed by atoms with van der Waals surface area (Å²) in [6.07, 6.45) is 0. The van der Waals surface area contributed by atoms with Gasteiger partial charge in [-0.2, -0.15) is 0 Å². The molecule has 0 fully saturated rings. The quantitative estimate of drug-likeness (QED) is 0.224. The van der Waals surface area contributed by atoms with Gasteiger partial charge in [-0.25, -0.2) is 4.79 Å². The van der Waals surface area contributed by atoms with E-state index in [0.717, 1.165) is 29.0 Å². The number of carbonyl (C=O) groups excluding carboxylic acids is 2. The topological polar surface area (TPSA) is 67.9 Å². The van der Waals surface area contributed by atoms with E-state index >= 15 is 0 Å².